The molecule has 8 heteroatoms. The van der Waals surface area contributed by atoms with Crippen molar-refractivity contribution >= 4 is 31.3 Å². The van der Waals surface area contributed by atoms with Gasteiger partial charge < -0.3 is 4.74 Å². The Morgan fingerprint density at radius 2 is 1.90 bits per heavy atom. The van der Waals surface area contributed by atoms with Crippen molar-refractivity contribution in [2.24, 2.45) is 0 Å². The molecule has 0 N–H and O–H groups in total. The lowest BCUT2D eigenvalue weighted by atomic mass is 10.2. The molecule has 0 aliphatic carbocycles. The molecule has 0 aliphatic rings. The second-order valence-corrected chi connectivity index (χ2v) is 6.83. The van der Waals surface area contributed by atoms with E-state index in [1.165, 1.54) is 24.3 Å². The molecule has 0 radical (unpaired) electrons. The maximum absolute atomic E-state index is 13.4. The summed E-state index contributed by atoms with van der Waals surface area (Å²) in [6.07, 6.45) is 0. The monoisotopic (exact) mass is 345 g/mol. The van der Waals surface area contributed by atoms with Crippen molar-refractivity contribution in [1.82, 2.24) is 0 Å². The molecular formula is C13H6Cl2FNO3S. The minimum Gasteiger partial charge on any atom is -0.454 e. The highest BCUT2D eigenvalue weighted by Crippen LogP contribution is 2.34. The molecule has 0 saturated heterocycles. The number of benzene rings is 2. The summed E-state index contributed by atoms with van der Waals surface area (Å²) in [4.78, 5) is -0.193. The van der Waals surface area contributed by atoms with E-state index in [9.17, 15) is 12.8 Å². The molecule has 0 aromatic heterocycles. The standard InChI is InChI=1S/C13H6Cl2FNO3S/c14-10-6-8(21(15,18)19)4-5-13(10)20-12-3-1-2-11(16)9(12)7-17/h1-6H. The van der Waals surface area contributed by atoms with Crippen LogP contribution >= 0.6 is 22.3 Å². The lowest BCUT2D eigenvalue weighted by molar-refractivity contribution is 0.474. The van der Waals surface area contributed by atoms with E-state index in [2.05, 4.69) is 0 Å². The van der Waals surface area contributed by atoms with Gasteiger partial charge in [-0.1, -0.05) is 17.7 Å². The molecule has 0 aliphatic heterocycles. The molecule has 108 valence electrons. The van der Waals surface area contributed by atoms with E-state index in [0.29, 0.717) is 0 Å². The lowest BCUT2D eigenvalue weighted by Gasteiger charge is -2.10. The van der Waals surface area contributed by atoms with Crippen molar-refractivity contribution in [2.75, 3.05) is 0 Å². The van der Waals surface area contributed by atoms with Crippen LogP contribution in [0.3, 0.4) is 0 Å². The van der Waals surface area contributed by atoms with Gasteiger partial charge in [0.05, 0.1) is 9.92 Å². The molecule has 21 heavy (non-hydrogen) atoms. The highest BCUT2D eigenvalue weighted by molar-refractivity contribution is 8.13. The maximum atomic E-state index is 13.4. The van der Waals surface area contributed by atoms with E-state index in [1.54, 1.807) is 6.07 Å². The molecule has 0 fully saturated rings. The van der Waals surface area contributed by atoms with Gasteiger partial charge in [-0.2, -0.15) is 5.26 Å². The van der Waals surface area contributed by atoms with Crippen LogP contribution in [0.25, 0.3) is 0 Å². The number of hydrogen-bond donors (Lipinski definition) is 0. The Bertz CT molecular complexity index is 847. The number of halogens is 3. The summed E-state index contributed by atoms with van der Waals surface area (Å²) in [6, 6.07) is 9.12. The molecule has 2 rings (SSSR count). The van der Waals surface area contributed by atoms with Crippen molar-refractivity contribution in [3.63, 3.8) is 0 Å². The van der Waals surface area contributed by atoms with Gasteiger partial charge in [0.1, 0.15) is 28.9 Å². The first-order valence-corrected chi connectivity index (χ1v) is 8.12. The first-order chi connectivity index (χ1) is 9.82. The molecule has 2 aromatic carbocycles. The molecular weight excluding hydrogens is 340 g/mol. The minimum atomic E-state index is -3.91. The predicted molar refractivity (Wildman–Crippen MR) is 75.7 cm³/mol. The van der Waals surface area contributed by atoms with Gasteiger partial charge >= 0.3 is 0 Å². The average molecular weight is 346 g/mol. The summed E-state index contributed by atoms with van der Waals surface area (Å²) in [5.74, 6) is -0.685. The van der Waals surface area contributed by atoms with Crippen LogP contribution in [0.2, 0.25) is 5.02 Å². The highest BCUT2D eigenvalue weighted by Gasteiger charge is 2.15. The first kappa shape index (κ1) is 15.6. The minimum absolute atomic E-state index is 0.0270. The molecule has 0 heterocycles. The zero-order chi connectivity index (χ0) is 15.6. The number of ether oxygens (including phenoxy) is 1. The SMILES string of the molecule is N#Cc1c(F)cccc1Oc1ccc(S(=O)(=O)Cl)cc1Cl. The Labute approximate surface area is 129 Å². The Morgan fingerprint density at radius 3 is 2.48 bits per heavy atom. The van der Waals surface area contributed by atoms with Crippen LogP contribution in [0.1, 0.15) is 5.56 Å². The van der Waals surface area contributed by atoms with Crippen molar-refractivity contribution in [3.8, 4) is 17.6 Å². The average Bonchev–Trinajstić information content (AvgIpc) is 2.40. The van der Waals surface area contributed by atoms with Gasteiger partial charge in [0.2, 0.25) is 0 Å². The second-order valence-electron chi connectivity index (χ2n) is 3.86. The fourth-order valence-electron chi connectivity index (χ4n) is 1.53. The number of nitriles is 1. The number of nitrogens with zero attached hydrogens (tertiary/aromatic N) is 1. The normalized spacial score (nSPS) is 11.0. The van der Waals surface area contributed by atoms with Crippen LogP contribution in [-0.2, 0) is 9.05 Å². The van der Waals surface area contributed by atoms with Crippen LogP contribution in [-0.4, -0.2) is 8.42 Å². The topological polar surface area (TPSA) is 67.2 Å². The van der Waals surface area contributed by atoms with Crippen LogP contribution in [0, 0.1) is 17.1 Å². The third-order valence-electron chi connectivity index (χ3n) is 2.49. The summed E-state index contributed by atoms with van der Waals surface area (Å²) < 4.78 is 41.1. The Hall–Kier alpha value is -1.81. The van der Waals surface area contributed by atoms with Gasteiger partial charge in [0.25, 0.3) is 9.05 Å². The molecule has 0 unspecified atom stereocenters. The molecule has 0 saturated carbocycles. The smallest absolute Gasteiger partial charge is 0.261 e. The summed E-state index contributed by atoms with van der Waals surface area (Å²) in [7, 11) is 1.28. The van der Waals surface area contributed by atoms with Gasteiger partial charge in [-0.3, -0.25) is 0 Å². The van der Waals surface area contributed by atoms with Crippen molar-refractivity contribution in [3.05, 3.63) is 52.8 Å². The van der Waals surface area contributed by atoms with E-state index in [-0.39, 0.29) is 27.0 Å². The largest absolute Gasteiger partial charge is 0.454 e. The summed E-state index contributed by atoms with van der Waals surface area (Å²) in [5, 5.41) is 8.86. The van der Waals surface area contributed by atoms with Crippen molar-refractivity contribution in [2.45, 2.75) is 4.90 Å². The first-order valence-electron chi connectivity index (χ1n) is 5.43. The van der Waals surface area contributed by atoms with Crippen LogP contribution in [0.4, 0.5) is 4.39 Å². The fourth-order valence-corrected chi connectivity index (χ4v) is 2.59. The zero-order valence-electron chi connectivity index (χ0n) is 10.2. The number of hydrogen-bond acceptors (Lipinski definition) is 4. The quantitative estimate of drug-likeness (QED) is 0.786. The van der Waals surface area contributed by atoms with E-state index in [1.807, 2.05) is 0 Å². The number of rotatable bonds is 3. The van der Waals surface area contributed by atoms with Crippen LogP contribution < -0.4 is 4.74 Å². The molecule has 2 aromatic rings. The molecule has 0 spiro atoms. The summed E-state index contributed by atoms with van der Waals surface area (Å²) >= 11 is 5.90. The van der Waals surface area contributed by atoms with E-state index in [0.717, 1.165) is 12.1 Å². The Balaban J connectivity index is 2.43. The van der Waals surface area contributed by atoms with E-state index in [4.69, 9.17) is 32.3 Å². The van der Waals surface area contributed by atoms with E-state index >= 15 is 0 Å². The zero-order valence-corrected chi connectivity index (χ0v) is 12.5. The van der Waals surface area contributed by atoms with Gasteiger partial charge in [-0.25, -0.2) is 12.8 Å². The molecule has 0 atom stereocenters. The molecule has 4 nitrogen and oxygen atoms in total. The second kappa shape index (κ2) is 5.90. The summed E-state index contributed by atoms with van der Waals surface area (Å²) in [5.41, 5.74) is -0.275. The van der Waals surface area contributed by atoms with Gasteiger partial charge in [0, 0.05) is 10.7 Å². The Kier molecular flexibility index (Phi) is 4.37. The third-order valence-corrected chi connectivity index (χ3v) is 4.14. The lowest BCUT2D eigenvalue weighted by Crippen LogP contribution is -1.94. The van der Waals surface area contributed by atoms with Crippen LogP contribution in [0.5, 0.6) is 11.5 Å². The maximum Gasteiger partial charge on any atom is 0.261 e. The summed E-state index contributed by atoms with van der Waals surface area (Å²) in [6.45, 7) is 0. The van der Waals surface area contributed by atoms with Crippen molar-refractivity contribution in [1.29, 1.82) is 5.26 Å². The van der Waals surface area contributed by atoms with E-state index < -0.39 is 14.9 Å². The molecule has 0 bridgehead atoms. The van der Waals surface area contributed by atoms with Crippen molar-refractivity contribution < 1.29 is 17.5 Å². The Morgan fingerprint density at radius 1 is 1.19 bits per heavy atom. The third kappa shape index (κ3) is 3.45. The van der Waals surface area contributed by atoms with Gasteiger partial charge in [-0.05, 0) is 30.3 Å². The molecule has 0 amide bonds. The van der Waals surface area contributed by atoms with Gasteiger partial charge in [-0.15, -0.1) is 0 Å². The highest BCUT2D eigenvalue weighted by atomic mass is 35.7. The predicted octanol–water partition coefficient (Wildman–Crippen LogP) is 4.07. The van der Waals surface area contributed by atoms with Gasteiger partial charge in [0.15, 0.2) is 0 Å². The fraction of sp³-hybridized carbons (Fsp3) is 0. The van der Waals surface area contributed by atoms with Crippen LogP contribution in [0.15, 0.2) is 41.3 Å².